The van der Waals surface area contributed by atoms with Crippen LogP contribution in [-0.4, -0.2) is 22.2 Å². The van der Waals surface area contributed by atoms with Crippen LogP contribution in [0.1, 0.15) is 44.9 Å². The molecule has 1 aromatic rings. The maximum absolute atomic E-state index is 10.9. The minimum absolute atomic E-state index is 0.0554. The molecule has 20 heavy (non-hydrogen) atoms. The predicted molar refractivity (Wildman–Crippen MR) is 79.7 cm³/mol. The molecule has 2 unspecified atom stereocenters. The Hall–Kier alpha value is -1.46. The van der Waals surface area contributed by atoms with Crippen LogP contribution in [0.5, 0.6) is 0 Å². The van der Waals surface area contributed by atoms with Gasteiger partial charge in [-0.3, -0.25) is 10.1 Å². The standard InChI is InChI=1S/C15H24N2O3/c1-10(2)15(5,18)9-16-12(4)13-7-6-8-14(11(13)3)17(19)20/h6-8,10,12,16,18H,9H2,1-5H3. The molecule has 0 amide bonds. The van der Waals surface area contributed by atoms with Crippen LogP contribution >= 0.6 is 0 Å². The third-order valence-corrected chi connectivity index (χ3v) is 4.02. The molecule has 0 aliphatic carbocycles. The second kappa shape index (κ2) is 6.33. The van der Waals surface area contributed by atoms with E-state index in [-0.39, 0.29) is 22.6 Å². The molecule has 1 rings (SSSR count). The number of benzene rings is 1. The highest BCUT2D eigenvalue weighted by Gasteiger charge is 2.26. The minimum atomic E-state index is -0.803. The van der Waals surface area contributed by atoms with Crippen LogP contribution in [0, 0.1) is 23.0 Å². The lowest BCUT2D eigenvalue weighted by Crippen LogP contribution is -2.43. The first kappa shape index (κ1) is 16.6. The molecule has 0 bridgehead atoms. The van der Waals surface area contributed by atoms with Crippen molar-refractivity contribution in [1.82, 2.24) is 5.32 Å². The Morgan fingerprint density at radius 1 is 1.40 bits per heavy atom. The zero-order valence-corrected chi connectivity index (χ0v) is 12.8. The van der Waals surface area contributed by atoms with Gasteiger partial charge in [-0.1, -0.05) is 26.0 Å². The van der Waals surface area contributed by atoms with E-state index in [0.29, 0.717) is 12.1 Å². The normalized spacial score (nSPS) is 15.9. The fraction of sp³-hybridized carbons (Fsp3) is 0.600. The van der Waals surface area contributed by atoms with Crippen LogP contribution in [-0.2, 0) is 0 Å². The number of rotatable bonds is 6. The van der Waals surface area contributed by atoms with E-state index in [2.05, 4.69) is 5.32 Å². The van der Waals surface area contributed by atoms with Crippen LogP contribution in [0.3, 0.4) is 0 Å². The van der Waals surface area contributed by atoms with Gasteiger partial charge in [0.2, 0.25) is 0 Å². The fourth-order valence-corrected chi connectivity index (χ4v) is 1.98. The molecule has 0 heterocycles. The summed E-state index contributed by atoms with van der Waals surface area (Å²) in [5.41, 5.74) is 0.885. The van der Waals surface area contributed by atoms with E-state index in [1.165, 1.54) is 6.07 Å². The first-order valence-electron chi connectivity index (χ1n) is 6.86. The zero-order valence-electron chi connectivity index (χ0n) is 12.8. The summed E-state index contributed by atoms with van der Waals surface area (Å²) in [6, 6.07) is 5.03. The zero-order chi connectivity index (χ0) is 15.5. The third-order valence-electron chi connectivity index (χ3n) is 4.02. The van der Waals surface area contributed by atoms with Crippen molar-refractivity contribution in [1.29, 1.82) is 0 Å². The molecule has 0 aliphatic rings. The summed E-state index contributed by atoms with van der Waals surface area (Å²) in [5.74, 6) is 0.133. The fourth-order valence-electron chi connectivity index (χ4n) is 1.98. The summed E-state index contributed by atoms with van der Waals surface area (Å²) in [6.07, 6.45) is 0. The van der Waals surface area contributed by atoms with Crippen molar-refractivity contribution >= 4 is 5.69 Å². The van der Waals surface area contributed by atoms with Crippen molar-refractivity contribution in [3.05, 3.63) is 39.4 Å². The van der Waals surface area contributed by atoms with Crippen LogP contribution < -0.4 is 5.32 Å². The molecule has 0 aliphatic heterocycles. The summed E-state index contributed by atoms with van der Waals surface area (Å²) < 4.78 is 0. The van der Waals surface area contributed by atoms with Crippen molar-refractivity contribution in [2.75, 3.05) is 6.54 Å². The second-order valence-corrected chi connectivity index (χ2v) is 5.86. The maximum Gasteiger partial charge on any atom is 0.272 e. The Bertz CT molecular complexity index is 484. The molecule has 2 atom stereocenters. The summed E-state index contributed by atoms with van der Waals surface area (Å²) >= 11 is 0. The van der Waals surface area contributed by atoms with Crippen LogP contribution in [0.4, 0.5) is 5.69 Å². The Balaban J connectivity index is 2.86. The maximum atomic E-state index is 10.9. The van der Waals surface area contributed by atoms with Gasteiger partial charge in [0.15, 0.2) is 0 Å². The average molecular weight is 280 g/mol. The second-order valence-electron chi connectivity index (χ2n) is 5.86. The monoisotopic (exact) mass is 280 g/mol. The first-order chi connectivity index (χ1) is 9.16. The topological polar surface area (TPSA) is 75.4 Å². The Morgan fingerprint density at radius 2 is 2.00 bits per heavy atom. The molecule has 112 valence electrons. The highest BCUT2D eigenvalue weighted by molar-refractivity contribution is 5.45. The van der Waals surface area contributed by atoms with Gasteiger partial charge in [0.1, 0.15) is 0 Å². The molecule has 5 heteroatoms. The SMILES string of the molecule is Cc1c(C(C)NCC(C)(O)C(C)C)cccc1[N+](=O)[O-]. The van der Waals surface area contributed by atoms with Gasteiger partial charge in [0.25, 0.3) is 5.69 Å². The van der Waals surface area contributed by atoms with Gasteiger partial charge in [0.05, 0.1) is 10.5 Å². The Labute approximate surface area is 120 Å². The van der Waals surface area contributed by atoms with Gasteiger partial charge in [0, 0.05) is 24.2 Å². The molecule has 0 spiro atoms. The van der Waals surface area contributed by atoms with Gasteiger partial charge < -0.3 is 10.4 Å². The lowest BCUT2D eigenvalue weighted by atomic mass is 9.91. The summed E-state index contributed by atoms with van der Waals surface area (Å²) in [6.45, 7) is 9.86. The van der Waals surface area contributed by atoms with Crippen LogP contribution in [0.15, 0.2) is 18.2 Å². The largest absolute Gasteiger partial charge is 0.389 e. The van der Waals surface area contributed by atoms with E-state index in [4.69, 9.17) is 0 Å². The number of hydrogen-bond donors (Lipinski definition) is 2. The van der Waals surface area contributed by atoms with E-state index in [9.17, 15) is 15.2 Å². The van der Waals surface area contributed by atoms with Gasteiger partial charge in [-0.15, -0.1) is 0 Å². The highest BCUT2D eigenvalue weighted by Crippen LogP contribution is 2.26. The number of nitrogens with zero attached hydrogens (tertiary/aromatic N) is 1. The summed E-state index contributed by atoms with van der Waals surface area (Å²) in [7, 11) is 0. The summed E-state index contributed by atoms with van der Waals surface area (Å²) in [5, 5.41) is 24.4. The van der Waals surface area contributed by atoms with E-state index >= 15 is 0 Å². The van der Waals surface area contributed by atoms with Crippen molar-refractivity contribution in [3.63, 3.8) is 0 Å². The number of nitro groups is 1. The number of hydrogen-bond acceptors (Lipinski definition) is 4. The molecule has 2 N–H and O–H groups in total. The van der Waals surface area contributed by atoms with E-state index in [1.54, 1.807) is 19.9 Å². The van der Waals surface area contributed by atoms with Crippen molar-refractivity contribution in [3.8, 4) is 0 Å². The molecule has 0 saturated heterocycles. The lowest BCUT2D eigenvalue weighted by molar-refractivity contribution is -0.385. The number of aliphatic hydroxyl groups is 1. The average Bonchev–Trinajstić information content (AvgIpc) is 2.35. The third kappa shape index (κ3) is 3.77. The molecular weight excluding hydrogens is 256 g/mol. The highest BCUT2D eigenvalue weighted by atomic mass is 16.6. The molecule has 1 aromatic carbocycles. The molecule has 0 aromatic heterocycles. The first-order valence-corrected chi connectivity index (χ1v) is 6.86. The molecule has 0 fully saturated rings. The Morgan fingerprint density at radius 3 is 2.50 bits per heavy atom. The predicted octanol–water partition coefficient (Wildman–Crippen LogP) is 2.96. The van der Waals surface area contributed by atoms with Crippen molar-refractivity contribution in [2.24, 2.45) is 5.92 Å². The van der Waals surface area contributed by atoms with Crippen molar-refractivity contribution in [2.45, 2.75) is 46.3 Å². The van der Waals surface area contributed by atoms with Gasteiger partial charge in [-0.05, 0) is 32.3 Å². The quantitative estimate of drug-likeness (QED) is 0.620. The molecule has 0 saturated carbocycles. The smallest absolute Gasteiger partial charge is 0.272 e. The van der Waals surface area contributed by atoms with Crippen molar-refractivity contribution < 1.29 is 10.0 Å². The van der Waals surface area contributed by atoms with Gasteiger partial charge >= 0.3 is 0 Å². The van der Waals surface area contributed by atoms with Crippen LogP contribution in [0.25, 0.3) is 0 Å². The van der Waals surface area contributed by atoms with Crippen LogP contribution in [0.2, 0.25) is 0 Å². The molecule has 5 nitrogen and oxygen atoms in total. The summed E-state index contributed by atoms with van der Waals surface area (Å²) in [4.78, 5) is 10.6. The van der Waals surface area contributed by atoms with Gasteiger partial charge in [-0.2, -0.15) is 0 Å². The van der Waals surface area contributed by atoms with E-state index in [0.717, 1.165) is 5.56 Å². The van der Waals surface area contributed by atoms with E-state index in [1.807, 2.05) is 26.8 Å². The number of nitrogens with one attached hydrogen (secondary N) is 1. The van der Waals surface area contributed by atoms with Gasteiger partial charge in [-0.25, -0.2) is 0 Å². The van der Waals surface area contributed by atoms with E-state index < -0.39 is 5.60 Å². The number of nitro benzene ring substituents is 1. The lowest BCUT2D eigenvalue weighted by Gasteiger charge is -2.30. The Kier molecular flexibility index (Phi) is 5.25. The molecular formula is C15H24N2O3. The molecule has 0 radical (unpaired) electrons. The minimum Gasteiger partial charge on any atom is -0.389 e.